The molecule has 0 aliphatic heterocycles. The molecule has 3 rings (SSSR count). The molecule has 22 heavy (non-hydrogen) atoms. The number of fused-ring (bicyclic) bond motifs is 1. The van der Waals surface area contributed by atoms with Gasteiger partial charge in [-0.15, -0.1) is 0 Å². The van der Waals surface area contributed by atoms with E-state index < -0.39 is 0 Å². The van der Waals surface area contributed by atoms with E-state index in [9.17, 15) is 4.79 Å². The fourth-order valence-corrected chi connectivity index (χ4v) is 2.94. The molecule has 0 saturated carbocycles. The molecule has 0 radical (unpaired) electrons. The fraction of sp³-hybridized carbons (Fsp3) is 0.167. The number of aromatic amines is 1. The summed E-state index contributed by atoms with van der Waals surface area (Å²) in [4.78, 5) is 16.1. The summed E-state index contributed by atoms with van der Waals surface area (Å²) in [5.41, 5.74) is 3.61. The van der Waals surface area contributed by atoms with Crippen LogP contribution in [0.2, 0.25) is 0 Å². The number of benzene rings is 2. The molecule has 1 atom stereocenters. The number of ketones is 1. The number of aromatic nitrogens is 1. The Morgan fingerprint density at radius 3 is 2.55 bits per heavy atom. The fourth-order valence-electron chi connectivity index (χ4n) is 2.67. The maximum Gasteiger partial charge on any atom is 0.187 e. The van der Waals surface area contributed by atoms with Gasteiger partial charge >= 0.3 is 0 Å². The monoisotopic (exact) mass is 356 g/mol. The molecule has 0 unspecified atom stereocenters. The van der Waals surface area contributed by atoms with Crippen LogP contribution in [0.15, 0.2) is 53.0 Å². The van der Waals surface area contributed by atoms with Gasteiger partial charge < -0.3 is 10.3 Å². The summed E-state index contributed by atoms with van der Waals surface area (Å²) in [6.07, 6.45) is 0. The predicted octanol–water partition coefficient (Wildman–Crippen LogP) is 4.92. The number of carbonyl (C=O) groups is 1. The molecule has 0 fully saturated rings. The van der Waals surface area contributed by atoms with Gasteiger partial charge in [-0.1, -0.05) is 34.1 Å². The van der Waals surface area contributed by atoms with E-state index in [0.717, 1.165) is 32.3 Å². The molecule has 2 aromatic carbocycles. The minimum atomic E-state index is -0.293. The Bertz CT molecular complexity index is 821. The van der Waals surface area contributed by atoms with Crippen molar-refractivity contribution in [2.24, 2.45) is 0 Å². The Balaban J connectivity index is 1.88. The van der Waals surface area contributed by atoms with Crippen molar-refractivity contribution < 1.29 is 4.79 Å². The van der Waals surface area contributed by atoms with E-state index in [0.29, 0.717) is 0 Å². The number of anilines is 1. The number of carbonyl (C=O) groups excluding carboxylic acids is 1. The minimum absolute atomic E-state index is 0.0952. The molecule has 0 bridgehead atoms. The number of hydrogen-bond acceptors (Lipinski definition) is 2. The van der Waals surface area contributed by atoms with Gasteiger partial charge in [-0.05, 0) is 44.2 Å². The van der Waals surface area contributed by atoms with Crippen LogP contribution in [0.25, 0.3) is 10.9 Å². The van der Waals surface area contributed by atoms with Crippen LogP contribution >= 0.6 is 15.9 Å². The first-order chi connectivity index (χ1) is 10.6. The lowest BCUT2D eigenvalue weighted by Gasteiger charge is -2.14. The molecule has 0 aliphatic carbocycles. The highest BCUT2D eigenvalue weighted by atomic mass is 79.9. The zero-order chi connectivity index (χ0) is 15.7. The third-order valence-corrected chi connectivity index (χ3v) is 4.29. The van der Waals surface area contributed by atoms with Crippen molar-refractivity contribution in [3.8, 4) is 0 Å². The van der Waals surface area contributed by atoms with Gasteiger partial charge in [0.15, 0.2) is 5.78 Å². The van der Waals surface area contributed by atoms with Crippen LogP contribution in [0.5, 0.6) is 0 Å². The zero-order valence-corrected chi connectivity index (χ0v) is 14.1. The standard InChI is InChI=1S/C18H17BrN2O/c1-11-17(15-5-3-4-6-16(15)21-11)18(22)12(2)20-14-9-7-13(19)8-10-14/h3-10,12,20-21H,1-2H3/t12-/m0/s1. The Kier molecular flexibility index (Phi) is 4.03. The average Bonchev–Trinajstić information content (AvgIpc) is 2.84. The van der Waals surface area contributed by atoms with Crippen LogP contribution in [0.1, 0.15) is 23.0 Å². The third-order valence-electron chi connectivity index (χ3n) is 3.76. The topological polar surface area (TPSA) is 44.9 Å². The van der Waals surface area contributed by atoms with E-state index >= 15 is 0 Å². The second-order valence-corrected chi connectivity index (χ2v) is 6.32. The minimum Gasteiger partial charge on any atom is -0.375 e. The second-order valence-electron chi connectivity index (χ2n) is 5.41. The average molecular weight is 357 g/mol. The van der Waals surface area contributed by atoms with Crippen molar-refractivity contribution in [3.63, 3.8) is 0 Å². The lowest BCUT2D eigenvalue weighted by molar-refractivity contribution is 0.0976. The molecule has 1 aromatic heterocycles. The maximum absolute atomic E-state index is 12.8. The summed E-state index contributed by atoms with van der Waals surface area (Å²) in [6, 6.07) is 15.4. The number of nitrogens with one attached hydrogen (secondary N) is 2. The van der Waals surface area contributed by atoms with Gasteiger partial charge in [-0.3, -0.25) is 4.79 Å². The van der Waals surface area contributed by atoms with Crippen LogP contribution in [0.3, 0.4) is 0 Å². The van der Waals surface area contributed by atoms with Crippen molar-refractivity contribution in [3.05, 3.63) is 64.3 Å². The summed E-state index contributed by atoms with van der Waals surface area (Å²) in [5.74, 6) is 0.0952. The molecule has 0 spiro atoms. The molecule has 0 amide bonds. The summed E-state index contributed by atoms with van der Waals surface area (Å²) in [5, 5.41) is 4.25. The molecule has 1 heterocycles. The van der Waals surface area contributed by atoms with E-state index in [2.05, 4.69) is 26.2 Å². The predicted molar refractivity (Wildman–Crippen MR) is 94.6 cm³/mol. The smallest absolute Gasteiger partial charge is 0.187 e. The molecule has 2 N–H and O–H groups in total. The van der Waals surface area contributed by atoms with E-state index in [1.807, 2.05) is 62.4 Å². The van der Waals surface area contributed by atoms with Gasteiger partial charge in [-0.2, -0.15) is 0 Å². The van der Waals surface area contributed by atoms with Crippen molar-refractivity contribution in [1.29, 1.82) is 0 Å². The number of aryl methyl sites for hydroxylation is 1. The van der Waals surface area contributed by atoms with E-state index in [4.69, 9.17) is 0 Å². The third kappa shape index (κ3) is 2.79. The van der Waals surface area contributed by atoms with E-state index in [1.165, 1.54) is 0 Å². The first-order valence-corrected chi connectivity index (χ1v) is 7.99. The highest BCUT2D eigenvalue weighted by Crippen LogP contribution is 2.24. The highest BCUT2D eigenvalue weighted by molar-refractivity contribution is 9.10. The van der Waals surface area contributed by atoms with Gasteiger partial charge in [0, 0.05) is 32.3 Å². The summed E-state index contributed by atoms with van der Waals surface area (Å²) >= 11 is 3.41. The molecular weight excluding hydrogens is 340 g/mol. The van der Waals surface area contributed by atoms with Gasteiger partial charge in [0.05, 0.1) is 6.04 Å². The van der Waals surface area contributed by atoms with Crippen LogP contribution in [0.4, 0.5) is 5.69 Å². The Labute approximate surface area is 137 Å². The number of halogens is 1. The number of H-pyrrole nitrogens is 1. The Morgan fingerprint density at radius 2 is 1.82 bits per heavy atom. The van der Waals surface area contributed by atoms with Crippen LogP contribution in [-0.2, 0) is 0 Å². The molecular formula is C18H17BrN2O. The quantitative estimate of drug-likeness (QED) is 0.651. The van der Waals surface area contributed by atoms with Crippen LogP contribution in [-0.4, -0.2) is 16.8 Å². The number of para-hydroxylation sites is 1. The van der Waals surface area contributed by atoms with Crippen LogP contribution < -0.4 is 5.32 Å². The first kappa shape index (κ1) is 14.9. The highest BCUT2D eigenvalue weighted by Gasteiger charge is 2.21. The van der Waals surface area contributed by atoms with E-state index in [1.54, 1.807) is 0 Å². The van der Waals surface area contributed by atoms with E-state index in [-0.39, 0.29) is 11.8 Å². The Hall–Kier alpha value is -2.07. The molecule has 0 aliphatic rings. The summed E-state index contributed by atoms with van der Waals surface area (Å²) in [7, 11) is 0. The molecule has 3 nitrogen and oxygen atoms in total. The van der Waals surface area contributed by atoms with Gasteiger partial charge in [-0.25, -0.2) is 0 Å². The van der Waals surface area contributed by atoms with Gasteiger partial charge in [0.25, 0.3) is 0 Å². The van der Waals surface area contributed by atoms with Crippen molar-refractivity contribution >= 4 is 38.3 Å². The van der Waals surface area contributed by atoms with Gasteiger partial charge in [0.2, 0.25) is 0 Å². The SMILES string of the molecule is Cc1[nH]c2ccccc2c1C(=O)[C@H](C)Nc1ccc(Br)cc1. The summed E-state index contributed by atoms with van der Waals surface area (Å²) in [6.45, 7) is 3.84. The summed E-state index contributed by atoms with van der Waals surface area (Å²) < 4.78 is 1.02. The molecule has 0 saturated heterocycles. The maximum atomic E-state index is 12.8. The van der Waals surface area contributed by atoms with Crippen LogP contribution in [0, 0.1) is 6.92 Å². The molecule has 112 valence electrons. The largest absolute Gasteiger partial charge is 0.375 e. The first-order valence-electron chi connectivity index (χ1n) is 7.20. The number of Topliss-reactive ketones (excluding diaryl/α,β-unsaturated/α-hetero) is 1. The van der Waals surface area contributed by atoms with Crippen molar-refractivity contribution in [2.75, 3.05) is 5.32 Å². The van der Waals surface area contributed by atoms with Crippen molar-refractivity contribution in [2.45, 2.75) is 19.9 Å². The lowest BCUT2D eigenvalue weighted by Crippen LogP contribution is -2.26. The Morgan fingerprint density at radius 1 is 1.14 bits per heavy atom. The molecule has 3 aromatic rings. The van der Waals surface area contributed by atoms with Gasteiger partial charge in [0.1, 0.15) is 0 Å². The number of hydrogen-bond donors (Lipinski definition) is 2. The zero-order valence-electron chi connectivity index (χ0n) is 12.5. The normalized spacial score (nSPS) is 12.3. The molecule has 4 heteroatoms. The lowest BCUT2D eigenvalue weighted by atomic mass is 10.0. The number of rotatable bonds is 4. The second kappa shape index (κ2) is 5.97. The van der Waals surface area contributed by atoms with Crippen molar-refractivity contribution in [1.82, 2.24) is 4.98 Å².